The molecule has 0 spiro atoms. The maximum Gasteiger partial charge on any atom is 0.238 e. The van der Waals surface area contributed by atoms with E-state index in [1.807, 2.05) is 0 Å². The third-order valence-electron chi connectivity index (χ3n) is 3.49. The molecule has 0 aliphatic rings. The zero-order chi connectivity index (χ0) is 16.0. The first-order chi connectivity index (χ1) is 9.93. The van der Waals surface area contributed by atoms with Crippen molar-refractivity contribution in [2.45, 2.75) is 45.5 Å². The van der Waals surface area contributed by atoms with E-state index in [-0.39, 0.29) is 29.4 Å². The molecule has 2 N–H and O–H groups in total. The summed E-state index contributed by atoms with van der Waals surface area (Å²) in [6.45, 7) is 1.67. The van der Waals surface area contributed by atoms with Crippen molar-refractivity contribution in [1.29, 1.82) is 0 Å². The van der Waals surface area contributed by atoms with E-state index in [9.17, 15) is 19.0 Å². The summed E-state index contributed by atoms with van der Waals surface area (Å²) in [6, 6.07) is 0. The molecule has 0 saturated heterocycles. The van der Waals surface area contributed by atoms with Gasteiger partial charge in [-0.3, -0.25) is 0 Å². The Morgan fingerprint density at radius 1 is 0.952 bits per heavy atom. The predicted octanol–water partition coefficient (Wildman–Crippen LogP) is 3.79. The van der Waals surface area contributed by atoms with E-state index in [0.29, 0.717) is 36.8 Å². The average molecular weight is 304 g/mol. The summed E-state index contributed by atoms with van der Waals surface area (Å²) >= 11 is 0. The van der Waals surface area contributed by atoms with Gasteiger partial charge in [0.15, 0.2) is 11.5 Å². The van der Waals surface area contributed by atoms with Crippen molar-refractivity contribution < 1.29 is 28.5 Å². The van der Waals surface area contributed by atoms with E-state index in [1.54, 1.807) is 6.92 Å². The molecule has 1 rings (SSSR count). The summed E-state index contributed by atoms with van der Waals surface area (Å²) in [7, 11) is 2.75. The lowest BCUT2D eigenvalue weighted by molar-refractivity contribution is 0.134. The Balaban J connectivity index is 2.85. The number of phenolic OH excluding ortho intramolecular Hbond substituents is 2. The van der Waals surface area contributed by atoms with Crippen LogP contribution < -0.4 is 9.47 Å². The zero-order valence-electron chi connectivity index (χ0n) is 12.6. The first-order valence-corrected chi connectivity index (χ1v) is 6.87. The van der Waals surface area contributed by atoms with Gasteiger partial charge in [0.1, 0.15) is 0 Å². The molecule has 0 saturated carbocycles. The van der Waals surface area contributed by atoms with Gasteiger partial charge in [0.2, 0.25) is 17.9 Å². The highest BCUT2D eigenvalue weighted by Gasteiger charge is 2.22. The third-order valence-corrected chi connectivity index (χ3v) is 3.49. The molecule has 0 bridgehead atoms. The van der Waals surface area contributed by atoms with Crippen molar-refractivity contribution >= 4 is 0 Å². The van der Waals surface area contributed by atoms with Crippen molar-refractivity contribution in [3.8, 4) is 23.0 Å². The Morgan fingerprint density at radius 2 is 1.52 bits per heavy atom. The summed E-state index contributed by atoms with van der Waals surface area (Å²) in [5.41, 5.74) is 1.07. The lowest BCUT2D eigenvalue weighted by Crippen LogP contribution is -1.99. The van der Waals surface area contributed by atoms with Crippen LogP contribution >= 0.6 is 0 Å². The van der Waals surface area contributed by atoms with Gasteiger partial charge in [-0.05, 0) is 26.2 Å². The van der Waals surface area contributed by atoms with Gasteiger partial charge in [0.05, 0.1) is 14.2 Å². The van der Waals surface area contributed by atoms with Crippen LogP contribution in [0.25, 0.3) is 0 Å². The van der Waals surface area contributed by atoms with Gasteiger partial charge < -0.3 is 19.7 Å². The van der Waals surface area contributed by atoms with Crippen LogP contribution in [0.15, 0.2) is 0 Å². The largest absolute Gasteiger partial charge is 0.504 e. The van der Waals surface area contributed by atoms with Crippen molar-refractivity contribution in [3.63, 3.8) is 0 Å². The molecule has 0 heterocycles. The molecule has 0 aliphatic carbocycles. The second kappa shape index (κ2) is 7.90. The number of halogens is 2. The molecule has 6 heteroatoms. The molecule has 0 unspecified atom stereocenters. The number of unbranched alkanes of at least 4 members (excludes halogenated alkanes) is 2. The van der Waals surface area contributed by atoms with Gasteiger partial charge in [-0.1, -0.05) is 6.42 Å². The second-order valence-corrected chi connectivity index (χ2v) is 4.86. The SMILES string of the molecule is COc1c(O)c(C)c(CCCCCC(F)F)c(O)c1OC. The molecule has 1 aromatic carbocycles. The second-order valence-electron chi connectivity index (χ2n) is 4.86. The summed E-state index contributed by atoms with van der Waals surface area (Å²) in [4.78, 5) is 0. The van der Waals surface area contributed by atoms with Crippen molar-refractivity contribution in [1.82, 2.24) is 0 Å². The zero-order valence-corrected chi connectivity index (χ0v) is 12.6. The third kappa shape index (κ3) is 4.12. The van der Waals surface area contributed by atoms with Crippen LogP contribution in [0.2, 0.25) is 0 Å². The topological polar surface area (TPSA) is 58.9 Å². The van der Waals surface area contributed by atoms with Crippen LogP contribution in [0.5, 0.6) is 23.0 Å². The fourth-order valence-electron chi connectivity index (χ4n) is 2.30. The predicted molar refractivity (Wildman–Crippen MR) is 75.8 cm³/mol. The smallest absolute Gasteiger partial charge is 0.238 e. The molecule has 120 valence electrons. The van der Waals surface area contributed by atoms with Crippen molar-refractivity contribution in [3.05, 3.63) is 11.1 Å². The monoisotopic (exact) mass is 304 g/mol. The Kier molecular flexibility index (Phi) is 6.52. The summed E-state index contributed by atoms with van der Waals surface area (Å²) in [5, 5.41) is 20.3. The minimum atomic E-state index is -2.27. The number of hydrogen-bond donors (Lipinski definition) is 2. The number of ether oxygens (including phenoxy) is 2. The van der Waals surface area contributed by atoms with Crippen LogP contribution in [-0.4, -0.2) is 30.9 Å². The van der Waals surface area contributed by atoms with Crippen molar-refractivity contribution in [2.24, 2.45) is 0 Å². The van der Waals surface area contributed by atoms with E-state index >= 15 is 0 Å². The molecule has 0 fully saturated rings. The number of aromatic hydroxyl groups is 2. The lowest BCUT2D eigenvalue weighted by Gasteiger charge is -2.17. The maximum absolute atomic E-state index is 12.0. The van der Waals surface area contributed by atoms with Gasteiger partial charge >= 0.3 is 0 Å². The molecular weight excluding hydrogens is 282 g/mol. The minimum absolute atomic E-state index is 0.0708. The highest BCUT2D eigenvalue weighted by atomic mass is 19.3. The van der Waals surface area contributed by atoms with E-state index in [0.717, 1.165) is 0 Å². The van der Waals surface area contributed by atoms with Crippen LogP contribution in [0.4, 0.5) is 8.78 Å². The van der Waals surface area contributed by atoms with Gasteiger partial charge in [-0.2, -0.15) is 0 Å². The number of methoxy groups -OCH3 is 2. The van der Waals surface area contributed by atoms with Crippen LogP contribution in [0.1, 0.15) is 36.8 Å². The number of hydrogen-bond acceptors (Lipinski definition) is 4. The lowest BCUT2D eigenvalue weighted by atomic mass is 9.98. The Labute approximate surface area is 123 Å². The normalized spacial score (nSPS) is 11.0. The van der Waals surface area contributed by atoms with Crippen molar-refractivity contribution in [2.75, 3.05) is 14.2 Å². The Hall–Kier alpha value is -1.72. The van der Waals surface area contributed by atoms with Gasteiger partial charge in [-0.15, -0.1) is 0 Å². The molecule has 1 aromatic rings. The van der Waals surface area contributed by atoms with E-state index in [1.165, 1.54) is 14.2 Å². The Bertz CT molecular complexity index is 475. The molecule has 21 heavy (non-hydrogen) atoms. The molecule has 0 aromatic heterocycles. The molecule has 0 radical (unpaired) electrons. The van der Waals surface area contributed by atoms with Gasteiger partial charge in [0, 0.05) is 17.5 Å². The van der Waals surface area contributed by atoms with E-state index in [2.05, 4.69) is 0 Å². The molecule has 4 nitrogen and oxygen atoms in total. The highest BCUT2D eigenvalue weighted by molar-refractivity contribution is 5.65. The minimum Gasteiger partial charge on any atom is -0.504 e. The number of alkyl halides is 2. The summed E-state index contributed by atoms with van der Waals surface area (Å²) in [5.74, 6) is 0.0328. The van der Waals surface area contributed by atoms with Gasteiger partial charge in [0.25, 0.3) is 0 Å². The Morgan fingerprint density at radius 3 is 2.05 bits per heavy atom. The average Bonchev–Trinajstić information content (AvgIpc) is 2.45. The molecular formula is C15H22F2O4. The number of rotatable bonds is 8. The molecule has 0 atom stereocenters. The molecule has 0 aliphatic heterocycles. The molecule has 0 amide bonds. The fraction of sp³-hybridized carbons (Fsp3) is 0.600. The van der Waals surface area contributed by atoms with Gasteiger partial charge in [-0.25, -0.2) is 8.78 Å². The van der Waals surface area contributed by atoms with Crippen LogP contribution in [0, 0.1) is 6.92 Å². The summed E-state index contributed by atoms with van der Waals surface area (Å²) < 4.78 is 34.2. The fourth-order valence-corrected chi connectivity index (χ4v) is 2.30. The van der Waals surface area contributed by atoms with E-state index < -0.39 is 6.43 Å². The highest BCUT2D eigenvalue weighted by Crippen LogP contribution is 2.48. The first kappa shape index (κ1) is 17.3. The standard InChI is InChI=1S/C15H22F2O4/c1-9-10(7-5-4-6-8-11(16)17)13(19)15(21-3)14(20-2)12(9)18/h11,18-19H,4-8H2,1-3H3. The summed E-state index contributed by atoms with van der Waals surface area (Å²) in [6.07, 6.45) is -0.174. The van der Waals surface area contributed by atoms with E-state index in [4.69, 9.17) is 9.47 Å². The van der Waals surface area contributed by atoms with Crippen LogP contribution in [0.3, 0.4) is 0 Å². The maximum atomic E-state index is 12.0. The quantitative estimate of drug-likeness (QED) is 0.566. The number of phenols is 2. The van der Waals surface area contributed by atoms with Crippen LogP contribution in [-0.2, 0) is 6.42 Å². The number of benzene rings is 1. The first-order valence-electron chi connectivity index (χ1n) is 6.87.